The number of hydrogen-bond acceptors (Lipinski definition) is 1. The molecule has 2 rings (SSSR count). The number of nitrogens with zero attached hydrogens (tertiary/aromatic N) is 1. The number of aryl methyl sites for hydroxylation is 1. The van der Waals surface area contributed by atoms with Crippen LogP contribution < -0.4 is 0 Å². The van der Waals surface area contributed by atoms with Crippen molar-refractivity contribution in [3.63, 3.8) is 0 Å². The van der Waals surface area contributed by atoms with Crippen LogP contribution in [0.2, 0.25) is 0 Å². The summed E-state index contributed by atoms with van der Waals surface area (Å²) in [5, 5.41) is 0. The SMILES string of the molecule is CC(C)(C)C1=Nc2ccccc2CCC1. The normalized spacial score (nSPS) is 16.6. The van der Waals surface area contributed by atoms with Gasteiger partial charge in [-0.3, -0.25) is 4.99 Å². The van der Waals surface area contributed by atoms with Crippen molar-refractivity contribution in [2.24, 2.45) is 10.4 Å². The van der Waals surface area contributed by atoms with Crippen LogP contribution in [-0.2, 0) is 6.42 Å². The average molecular weight is 201 g/mol. The van der Waals surface area contributed by atoms with Crippen molar-refractivity contribution in [2.75, 3.05) is 0 Å². The lowest BCUT2D eigenvalue weighted by molar-refractivity contribution is 0.574. The Labute approximate surface area is 92.2 Å². The smallest absolute Gasteiger partial charge is 0.0661 e. The highest BCUT2D eigenvalue weighted by molar-refractivity contribution is 5.92. The van der Waals surface area contributed by atoms with Gasteiger partial charge in [0.1, 0.15) is 0 Å². The fraction of sp³-hybridized carbons (Fsp3) is 0.500. The van der Waals surface area contributed by atoms with Gasteiger partial charge in [0.15, 0.2) is 0 Å². The van der Waals surface area contributed by atoms with Crippen molar-refractivity contribution in [1.82, 2.24) is 0 Å². The molecule has 0 saturated heterocycles. The average Bonchev–Trinajstić information content (AvgIpc) is 2.38. The first-order valence-electron chi connectivity index (χ1n) is 5.73. The molecule has 80 valence electrons. The molecule has 0 spiro atoms. The van der Waals surface area contributed by atoms with Gasteiger partial charge in [-0.15, -0.1) is 0 Å². The first-order chi connectivity index (χ1) is 7.07. The van der Waals surface area contributed by atoms with E-state index in [1.165, 1.54) is 29.8 Å². The summed E-state index contributed by atoms with van der Waals surface area (Å²) in [7, 11) is 0. The third kappa shape index (κ3) is 2.28. The number of aliphatic imine (C=N–C) groups is 1. The zero-order valence-electron chi connectivity index (χ0n) is 9.88. The Morgan fingerprint density at radius 3 is 2.53 bits per heavy atom. The fourth-order valence-corrected chi connectivity index (χ4v) is 2.02. The van der Waals surface area contributed by atoms with Crippen LogP contribution in [-0.4, -0.2) is 5.71 Å². The Bertz CT molecular complexity index is 383. The monoisotopic (exact) mass is 201 g/mol. The molecule has 0 saturated carbocycles. The molecule has 0 aliphatic carbocycles. The Hall–Kier alpha value is -1.11. The summed E-state index contributed by atoms with van der Waals surface area (Å²) in [5.74, 6) is 0. The summed E-state index contributed by atoms with van der Waals surface area (Å²) in [4.78, 5) is 4.83. The van der Waals surface area contributed by atoms with Crippen LogP contribution in [0.5, 0.6) is 0 Å². The van der Waals surface area contributed by atoms with Crippen molar-refractivity contribution in [1.29, 1.82) is 0 Å². The van der Waals surface area contributed by atoms with Crippen LogP contribution in [0.15, 0.2) is 29.3 Å². The molecule has 1 aliphatic rings. The van der Waals surface area contributed by atoms with Crippen molar-refractivity contribution in [2.45, 2.75) is 40.0 Å². The van der Waals surface area contributed by atoms with E-state index >= 15 is 0 Å². The molecular formula is C14H19N. The van der Waals surface area contributed by atoms with Gasteiger partial charge in [0.2, 0.25) is 0 Å². The van der Waals surface area contributed by atoms with Crippen LogP contribution in [0.25, 0.3) is 0 Å². The maximum absolute atomic E-state index is 4.83. The minimum atomic E-state index is 0.206. The van der Waals surface area contributed by atoms with Gasteiger partial charge in [-0.05, 0) is 30.9 Å². The molecule has 0 bridgehead atoms. The molecule has 1 aromatic carbocycles. The quantitative estimate of drug-likeness (QED) is 0.598. The van der Waals surface area contributed by atoms with E-state index in [1.54, 1.807) is 0 Å². The third-order valence-electron chi connectivity index (χ3n) is 2.97. The molecule has 1 heterocycles. The van der Waals surface area contributed by atoms with Gasteiger partial charge in [-0.25, -0.2) is 0 Å². The molecule has 0 aromatic heterocycles. The first-order valence-corrected chi connectivity index (χ1v) is 5.73. The topological polar surface area (TPSA) is 12.4 Å². The molecule has 1 aromatic rings. The molecule has 0 radical (unpaired) electrons. The second kappa shape index (κ2) is 3.80. The Morgan fingerprint density at radius 2 is 1.80 bits per heavy atom. The van der Waals surface area contributed by atoms with E-state index in [0.29, 0.717) is 0 Å². The van der Waals surface area contributed by atoms with E-state index in [9.17, 15) is 0 Å². The Balaban J connectivity index is 2.43. The van der Waals surface area contributed by atoms with Gasteiger partial charge >= 0.3 is 0 Å². The predicted molar refractivity (Wildman–Crippen MR) is 65.9 cm³/mol. The van der Waals surface area contributed by atoms with Gasteiger partial charge < -0.3 is 0 Å². The van der Waals surface area contributed by atoms with Gasteiger partial charge in [-0.1, -0.05) is 39.0 Å². The maximum atomic E-state index is 4.83. The lowest BCUT2D eigenvalue weighted by Gasteiger charge is -2.20. The lowest BCUT2D eigenvalue weighted by Crippen LogP contribution is -2.19. The van der Waals surface area contributed by atoms with E-state index in [4.69, 9.17) is 4.99 Å². The summed E-state index contributed by atoms with van der Waals surface area (Å²) in [5.41, 5.74) is 4.13. The maximum Gasteiger partial charge on any atom is 0.0661 e. The second-order valence-electron chi connectivity index (χ2n) is 5.29. The van der Waals surface area contributed by atoms with Crippen molar-refractivity contribution < 1.29 is 0 Å². The number of benzene rings is 1. The molecule has 1 aliphatic heterocycles. The van der Waals surface area contributed by atoms with Crippen LogP contribution in [0.3, 0.4) is 0 Å². The number of hydrogen-bond donors (Lipinski definition) is 0. The van der Waals surface area contributed by atoms with E-state index in [0.717, 1.165) is 6.42 Å². The second-order valence-corrected chi connectivity index (χ2v) is 5.29. The zero-order valence-corrected chi connectivity index (χ0v) is 9.88. The largest absolute Gasteiger partial charge is 0.257 e. The lowest BCUT2D eigenvalue weighted by atomic mass is 9.87. The van der Waals surface area contributed by atoms with Crippen LogP contribution in [0, 0.1) is 5.41 Å². The fourth-order valence-electron chi connectivity index (χ4n) is 2.02. The molecule has 0 fully saturated rings. The number of fused-ring (bicyclic) bond motifs is 1. The first kappa shape index (κ1) is 10.4. The minimum Gasteiger partial charge on any atom is -0.257 e. The molecule has 1 nitrogen and oxygen atoms in total. The molecule has 0 unspecified atom stereocenters. The van der Waals surface area contributed by atoms with Gasteiger partial charge in [0, 0.05) is 11.1 Å². The van der Waals surface area contributed by atoms with Crippen LogP contribution >= 0.6 is 0 Å². The number of para-hydroxylation sites is 1. The highest BCUT2D eigenvalue weighted by Gasteiger charge is 2.20. The van der Waals surface area contributed by atoms with E-state index in [-0.39, 0.29) is 5.41 Å². The molecule has 0 amide bonds. The van der Waals surface area contributed by atoms with Gasteiger partial charge in [0.25, 0.3) is 0 Å². The molecule has 15 heavy (non-hydrogen) atoms. The summed E-state index contributed by atoms with van der Waals surface area (Å²) in [6.45, 7) is 6.75. The Morgan fingerprint density at radius 1 is 1.07 bits per heavy atom. The molecule has 0 atom stereocenters. The number of rotatable bonds is 0. The van der Waals surface area contributed by atoms with Crippen molar-refractivity contribution in [3.8, 4) is 0 Å². The van der Waals surface area contributed by atoms with Gasteiger partial charge in [-0.2, -0.15) is 0 Å². The van der Waals surface area contributed by atoms with Gasteiger partial charge in [0.05, 0.1) is 5.69 Å². The van der Waals surface area contributed by atoms with E-state index < -0.39 is 0 Å². The molecular weight excluding hydrogens is 182 g/mol. The molecule has 1 heteroatoms. The summed E-state index contributed by atoms with van der Waals surface area (Å²) >= 11 is 0. The van der Waals surface area contributed by atoms with Crippen LogP contribution in [0.4, 0.5) is 5.69 Å². The summed E-state index contributed by atoms with van der Waals surface area (Å²) < 4.78 is 0. The highest BCUT2D eigenvalue weighted by Crippen LogP contribution is 2.30. The highest BCUT2D eigenvalue weighted by atomic mass is 14.8. The summed E-state index contributed by atoms with van der Waals surface area (Å²) in [6.07, 6.45) is 3.53. The van der Waals surface area contributed by atoms with Crippen molar-refractivity contribution >= 4 is 11.4 Å². The summed E-state index contributed by atoms with van der Waals surface area (Å²) in [6, 6.07) is 8.52. The third-order valence-corrected chi connectivity index (χ3v) is 2.97. The predicted octanol–water partition coefficient (Wildman–Crippen LogP) is 4.14. The van der Waals surface area contributed by atoms with E-state index in [2.05, 4.69) is 45.0 Å². The zero-order chi connectivity index (χ0) is 10.9. The van der Waals surface area contributed by atoms with E-state index in [1.807, 2.05) is 0 Å². The Kier molecular flexibility index (Phi) is 2.64. The standard InChI is InChI=1S/C14H19N/c1-14(2,3)13-10-6-8-11-7-4-5-9-12(11)15-13/h4-5,7,9H,6,8,10H2,1-3H3. The van der Waals surface area contributed by atoms with Crippen LogP contribution in [0.1, 0.15) is 39.2 Å². The molecule has 0 N–H and O–H groups in total. The van der Waals surface area contributed by atoms with Crippen molar-refractivity contribution in [3.05, 3.63) is 29.8 Å². The minimum absolute atomic E-state index is 0.206.